The highest BCUT2D eigenvalue weighted by Crippen LogP contribution is 2.14. The third kappa shape index (κ3) is 5.27. The Hall–Kier alpha value is -1.10. The molecule has 0 spiro atoms. The number of aryl methyl sites for hydroxylation is 1. The Morgan fingerprint density at radius 3 is 2.59 bits per heavy atom. The zero-order valence-corrected chi connectivity index (χ0v) is 14.5. The number of benzene rings is 1. The lowest BCUT2D eigenvalue weighted by Crippen LogP contribution is -2.46. The molecule has 4 nitrogen and oxygen atoms in total. The molecule has 1 aromatic carbocycles. The molecule has 0 aromatic heterocycles. The van der Waals surface area contributed by atoms with Crippen molar-refractivity contribution in [2.75, 3.05) is 39.8 Å². The topological polar surface area (TPSA) is 35.6 Å². The second kappa shape index (κ2) is 7.95. The molecule has 1 amide bonds. The monoisotopic (exact) mass is 323 g/mol. The molecule has 1 aliphatic heterocycles. The highest BCUT2D eigenvalue weighted by Gasteiger charge is 2.16. The van der Waals surface area contributed by atoms with Crippen molar-refractivity contribution in [2.24, 2.45) is 0 Å². The van der Waals surface area contributed by atoms with E-state index in [9.17, 15) is 4.79 Å². The van der Waals surface area contributed by atoms with Crippen molar-refractivity contribution in [2.45, 2.75) is 26.3 Å². The quantitative estimate of drug-likeness (QED) is 0.904. The summed E-state index contributed by atoms with van der Waals surface area (Å²) in [7, 11) is 2.16. The van der Waals surface area contributed by atoms with Gasteiger partial charge in [0.2, 0.25) is 0 Å². The molecular formula is C17H26ClN3O. The average Bonchev–Trinajstić information content (AvgIpc) is 2.45. The van der Waals surface area contributed by atoms with Crippen LogP contribution in [-0.2, 0) is 0 Å². The summed E-state index contributed by atoms with van der Waals surface area (Å²) in [6, 6.07) is 5.60. The lowest BCUT2D eigenvalue weighted by molar-refractivity contribution is 0.0931. The van der Waals surface area contributed by atoms with Gasteiger partial charge in [-0.05, 0) is 51.1 Å². The molecule has 1 saturated heterocycles. The number of amides is 1. The standard InChI is InChI=1S/C17H26ClN3O/c1-13-10-15(12-16(18)11-13)17(22)19-14(2)4-5-21-8-6-20(3)7-9-21/h10-12,14H,4-9H2,1-3H3,(H,19,22)/t14-/m1/s1. The Morgan fingerprint density at radius 1 is 1.27 bits per heavy atom. The third-order valence-electron chi connectivity index (χ3n) is 4.16. The Labute approximate surface area is 138 Å². The van der Waals surface area contributed by atoms with Crippen LogP contribution in [0.3, 0.4) is 0 Å². The lowest BCUT2D eigenvalue weighted by Gasteiger charge is -2.32. The van der Waals surface area contributed by atoms with Crippen molar-refractivity contribution >= 4 is 17.5 Å². The van der Waals surface area contributed by atoms with Crippen LogP contribution in [0.1, 0.15) is 29.3 Å². The third-order valence-corrected chi connectivity index (χ3v) is 4.37. The van der Waals surface area contributed by atoms with Gasteiger partial charge < -0.3 is 15.1 Å². The summed E-state index contributed by atoms with van der Waals surface area (Å²) in [5.74, 6) is -0.0449. The maximum Gasteiger partial charge on any atom is 0.251 e. The minimum atomic E-state index is -0.0449. The van der Waals surface area contributed by atoms with Crippen molar-refractivity contribution in [3.8, 4) is 0 Å². The van der Waals surface area contributed by atoms with Gasteiger partial charge in [-0.2, -0.15) is 0 Å². The summed E-state index contributed by atoms with van der Waals surface area (Å²) >= 11 is 6.01. The predicted molar refractivity (Wildman–Crippen MR) is 91.7 cm³/mol. The first kappa shape index (κ1) is 17.3. The maximum absolute atomic E-state index is 12.3. The molecule has 122 valence electrons. The van der Waals surface area contributed by atoms with E-state index >= 15 is 0 Å². The van der Waals surface area contributed by atoms with Gasteiger partial charge in [-0.1, -0.05) is 11.6 Å². The number of piperazine rings is 1. The second-order valence-electron chi connectivity index (χ2n) is 6.33. The highest BCUT2D eigenvalue weighted by molar-refractivity contribution is 6.31. The first-order valence-electron chi connectivity index (χ1n) is 7.93. The van der Waals surface area contributed by atoms with E-state index in [1.807, 2.05) is 19.1 Å². The number of carbonyl (C=O) groups is 1. The fourth-order valence-corrected chi connectivity index (χ4v) is 2.98. The fraction of sp³-hybridized carbons (Fsp3) is 0.588. The molecule has 1 aromatic rings. The van der Waals surface area contributed by atoms with Crippen LogP contribution in [-0.4, -0.2) is 61.5 Å². The number of hydrogen-bond acceptors (Lipinski definition) is 3. The second-order valence-corrected chi connectivity index (χ2v) is 6.76. The van der Waals surface area contributed by atoms with E-state index in [0.717, 1.165) is 44.7 Å². The number of nitrogens with one attached hydrogen (secondary N) is 1. The van der Waals surface area contributed by atoms with Crippen LogP contribution in [0.5, 0.6) is 0 Å². The molecule has 1 fully saturated rings. The van der Waals surface area contributed by atoms with E-state index in [1.54, 1.807) is 6.07 Å². The zero-order chi connectivity index (χ0) is 16.1. The van der Waals surface area contributed by atoms with E-state index in [4.69, 9.17) is 11.6 Å². The molecule has 0 radical (unpaired) electrons. The van der Waals surface area contributed by atoms with Gasteiger partial charge in [0, 0.05) is 49.4 Å². The highest BCUT2D eigenvalue weighted by atomic mass is 35.5. The number of hydrogen-bond donors (Lipinski definition) is 1. The molecule has 5 heteroatoms. The summed E-state index contributed by atoms with van der Waals surface area (Å²) in [6.45, 7) is 9.52. The first-order valence-corrected chi connectivity index (χ1v) is 8.31. The molecule has 0 unspecified atom stereocenters. The summed E-state index contributed by atoms with van der Waals surface area (Å²) < 4.78 is 0. The molecule has 0 bridgehead atoms. The minimum absolute atomic E-state index is 0.0449. The van der Waals surface area contributed by atoms with Crippen LogP contribution in [0.25, 0.3) is 0 Å². The van der Waals surface area contributed by atoms with Gasteiger partial charge in [-0.15, -0.1) is 0 Å². The molecule has 1 N–H and O–H groups in total. The van der Waals surface area contributed by atoms with Gasteiger partial charge in [0.15, 0.2) is 0 Å². The van der Waals surface area contributed by atoms with E-state index in [0.29, 0.717) is 10.6 Å². The number of rotatable bonds is 5. The molecule has 1 atom stereocenters. The van der Waals surface area contributed by atoms with Gasteiger partial charge in [0.05, 0.1) is 0 Å². The normalized spacial score (nSPS) is 18.2. The van der Waals surface area contributed by atoms with E-state index < -0.39 is 0 Å². The Balaban J connectivity index is 1.78. The first-order chi connectivity index (χ1) is 10.4. The van der Waals surface area contributed by atoms with E-state index in [2.05, 4.69) is 29.1 Å². The molecule has 2 rings (SSSR count). The summed E-state index contributed by atoms with van der Waals surface area (Å²) in [4.78, 5) is 17.1. The molecule has 1 aliphatic rings. The van der Waals surface area contributed by atoms with Gasteiger partial charge in [-0.25, -0.2) is 0 Å². The van der Waals surface area contributed by atoms with Crippen molar-refractivity contribution in [3.63, 3.8) is 0 Å². The summed E-state index contributed by atoms with van der Waals surface area (Å²) in [5.41, 5.74) is 1.64. The van der Waals surface area contributed by atoms with Crippen molar-refractivity contribution < 1.29 is 4.79 Å². The SMILES string of the molecule is Cc1cc(Cl)cc(C(=O)N[C@H](C)CCN2CCN(C)CC2)c1. The Kier molecular flexibility index (Phi) is 6.24. The van der Waals surface area contributed by atoms with Crippen LogP contribution < -0.4 is 5.32 Å². The number of carbonyl (C=O) groups excluding carboxylic acids is 1. The fourth-order valence-electron chi connectivity index (χ4n) is 2.69. The van der Waals surface area contributed by atoms with E-state index in [1.165, 1.54) is 0 Å². The van der Waals surface area contributed by atoms with Crippen LogP contribution >= 0.6 is 11.6 Å². The van der Waals surface area contributed by atoms with Crippen molar-refractivity contribution in [1.29, 1.82) is 0 Å². The smallest absolute Gasteiger partial charge is 0.251 e. The van der Waals surface area contributed by atoms with Crippen LogP contribution in [0, 0.1) is 6.92 Å². The van der Waals surface area contributed by atoms with Gasteiger partial charge in [0.1, 0.15) is 0 Å². The minimum Gasteiger partial charge on any atom is -0.350 e. The predicted octanol–water partition coefficient (Wildman–Crippen LogP) is 2.40. The van der Waals surface area contributed by atoms with Crippen LogP contribution in [0.2, 0.25) is 5.02 Å². The van der Waals surface area contributed by atoms with E-state index in [-0.39, 0.29) is 11.9 Å². The largest absolute Gasteiger partial charge is 0.350 e. The molecule has 22 heavy (non-hydrogen) atoms. The van der Waals surface area contributed by atoms with Gasteiger partial charge in [-0.3, -0.25) is 4.79 Å². The number of nitrogens with zero attached hydrogens (tertiary/aromatic N) is 2. The maximum atomic E-state index is 12.3. The Morgan fingerprint density at radius 2 is 1.95 bits per heavy atom. The van der Waals surface area contributed by atoms with Crippen LogP contribution in [0.15, 0.2) is 18.2 Å². The number of likely N-dealkylation sites (N-methyl/N-ethyl adjacent to an activating group) is 1. The molecule has 0 saturated carbocycles. The van der Waals surface area contributed by atoms with Gasteiger partial charge in [0.25, 0.3) is 5.91 Å². The van der Waals surface area contributed by atoms with Crippen molar-refractivity contribution in [1.82, 2.24) is 15.1 Å². The average molecular weight is 324 g/mol. The molecular weight excluding hydrogens is 298 g/mol. The summed E-state index contributed by atoms with van der Waals surface area (Å²) in [6.07, 6.45) is 0.967. The molecule has 0 aliphatic carbocycles. The zero-order valence-electron chi connectivity index (χ0n) is 13.7. The van der Waals surface area contributed by atoms with Crippen molar-refractivity contribution in [3.05, 3.63) is 34.3 Å². The van der Waals surface area contributed by atoms with Crippen LogP contribution in [0.4, 0.5) is 0 Å². The Bertz CT molecular complexity index is 492. The van der Waals surface area contributed by atoms with Gasteiger partial charge >= 0.3 is 0 Å². The lowest BCUT2D eigenvalue weighted by atomic mass is 10.1. The summed E-state index contributed by atoms with van der Waals surface area (Å²) in [5, 5.41) is 3.67. The number of halogens is 1. The molecule has 1 heterocycles.